The minimum Gasteiger partial charge on any atom is -0.478 e. The fourth-order valence-corrected chi connectivity index (χ4v) is 2.76. The Morgan fingerprint density at radius 3 is 1.75 bits per heavy atom. The average molecular weight is 452 g/mol. The van der Waals surface area contributed by atoms with Crippen molar-refractivity contribution in [3.63, 3.8) is 0 Å². The molecule has 0 aliphatic carbocycles. The Balaban J connectivity index is 0.000000547. The lowest BCUT2D eigenvalue weighted by molar-refractivity contribution is -0.202. The Hall–Kier alpha value is -3.66. The molecule has 0 radical (unpaired) electrons. The highest BCUT2D eigenvalue weighted by Crippen LogP contribution is 2.41. The zero-order valence-corrected chi connectivity index (χ0v) is 17.1. The molecule has 0 aliphatic heterocycles. The Labute approximate surface area is 182 Å². The van der Waals surface area contributed by atoms with Crippen molar-refractivity contribution in [1.29, 1.82) is 0 Å². The van der Waals surface area contributed by atoms with Gasteiger partial charge in [0.25, 0.3) is 0 Å². The predicted molar refractivity (Wildman–Crippen MR) is 111 cm³/mol. The number of carbonyl (C=O) groups excluding carboxylic acids is 1. The van der Waals surface area contributed by atoms with Gasteiger partial charge in [0.15, 0.2) is 5.54 Å². The highest BCUT2D eigenvalue weighted by molar-refractivity contribution is 5.89. The molecule has 172 valence electrons. The van der Waals surface area contributed by atoms with Gasteiger partial charge in [-0.1, -0.05) is 60.7 Å². The number of hydrogen-bond donors (Lipinski definition) is 4. The largest absolute Gasteiger partial charge is 0.478 e. The average Bonchev–Trinajstić information content (AvgIpc) is 2.73. The van der Waals surface area contributed by atoms with Gasteiger partial charge in [-0.05, 0) is 18.2 Å². The predicted octanol–water partition coefficient (Wildman–Crippen LogP) is 2.73. The van der Waals surface area contributed by atoms with Crippen LogP contribution in [0.15, 0.2) is 72.8 Å². The lowest BCUT2D eigenvalue weighted by atomic mass is 9.82. The molecular formula is C22H23F3N2O5. The smallest absolute Gasteiger partial charge is 0.416 e. The van der Waals surface area contributed by atoms with Gasteiger partial charge in [0, 0.05) is 18.6 Å². The molecule has 32 heavy (non-hydrogen) atoms. The number of likely N-dealkylation sites (N-methyl/N-ethyl adjacent to an activating group) is 1. The third-order valence-electron chi connectivity index (χ3n) is 4.12. The second-order valence-electron chi connectivity index (χ2n) is 6.52. The van der Waals surface area contributed by atoms with E-state index in [9.17, 15) is 27.6 Å². The molecule has 4 N–H and O–H groups in total. The third kappa shape index (κ3) is 8.23. The summed E-state index contributed by atoms with van der Waals surface area (Å²) >= 11 is 0. The van der Waals surface area contributed by atoms with Gasteiger partial charge in [0.2, 0.25) is 5.91 Å². The quantitative estimate of drug-likeness (QED) is 0.458. The summed E-state index contributed by atoms with van der Waals surface area (Å²) in [4.78, 5) is 31.1. The summed E-state index contributed by atoms with van der Waals surface area (Å²) in [6, 6.07) is 15.8. The summed E-state index contributed by atoms with van der Waals surface area (Å²) in [6.45, 7) is -0.195. The number of aliphatic carboxylic acids is 2. The number of carboxylic acid groups (broad SMARTS) is 2. The molecule has 0 saturated carbocycles. The van der Waals surface area contributed by atoms with Crippen molar-refractivity contribution in [2.45, 2.75) is 18.1 Å². The van der Waals surface area contributed by atoms with Crippen molar-refractivity contribution in [2.24, 2.45) is 0 Å². The zero-order chi connectivity index (χ0) is 24.2. The summed E-state index contributed by atoms with van der Waals surface area (Å²) in [5.41, 5.74) is -1.99. The molecule has 0 saturated heterocycles. The SMILES string of the molecule is CNCC(=O)NC(Cc1ccccc1)(c1ccccc1)C(F)(F)F.O=C(O)/C=C\C(=O)O. The van der Waals surface area contributed by atoms with Crippen molar-refractivity contribution in [1.82, 2.24) is 10.6 Å². The molecule has 1 unspecified atom stereocenters. The summed E-state index contributed by atoms with van der Waals surface area (Å²) in [6.07, 6.45) is -3.92. The molecule has 0 aliphatic rings. The van der Waals surface area contributed by atoms with E-state index < -0.39 is 29.6 Å². The number of carboxylic acids is 2. The van der Waals surface area contributed by atoms with Gasteiger partial charge in [-0.3, -0.25) is 4.79 Å². The number of alkyl halides is 3. The Bertz CT molecular complexity index is 902. The van der Waals surface area contributed by atoms with E-state index in [2.05, 4.69) is 10.6 Å². The number of carbonyl (C=O) groups is 3. The molecule has 1 atom stereocenters. The summed E-state index contributed by atoms with van der Waals surface area (Å²) < 4.78 is 42.3. The zero-order valence-electron chi connectivity index (χ0n) is 17.1. The number of halogens is 3. The van der Waals surface area contributed by atoms with E-state index in [0.717, 1.165) is 0 Å². The van der Waals surface area contributed by atoms with Crippen LogP contribution in [0, 0.1) is 0 Å². The Morgan fingerprint density at radius 1 is 0.875 bits per heavy atom. The molecule has 10 heteroatoms. The summed E-state index contributed by atoms with van der Waals surface area (Å²) in [7, 11) is 1.51. The van der Waals surface area contributed by atoms with Crippen LogP contribution in [-0.2, 0) is 26.3 Å². The van der Waals surface area contributed by atoms with Crippen molar-refractivity contribution < 1.29 is 37.8 Å². The van der Waals surface area contributed by atoms with Crippen LogP contribution in [-0.4, -0.2) is 47.8 Å². The highest BCUT2D eigenvalue weighted by Gasteiger charge is 2.56. The summed E-state index contributed by atoms with van der Waals surface area (Å²) in [5.74, 6) is -3.23. The minimum atomic E-state index is -4.66. The number of hydrogen-bond acceptors (Lipinski definition) is 4. The molecule has 0 spiro atoms. The van der Waals surface area contributed by atoms with Crippen LogP contribution in [0.2, 0.25) is 0 Å². The van der Waals surface area contributed by atoms with E-state index in [1.165, 1.54) is 31.3 Å². The maximum atomic E-state index is 14.1. The third-order valence-corrected chi connectivity index (χ3v) is 4.12. The number of benzene rings is 2. The molecule has 7 nitrogen and oxygen atoms in total. The minimum absolute atomic E-state index is 0.00538. The van der Waals surface area contributed by atoms with E-state index in [-0.39, 0.29) is 18.5 Å². The van der Waals surface area contributed by atoms with Crippen LogP contribution in [0.1, 0.15) is 11.1 Å². The first kappa shape index (κ1) is 26.4. The fraction of sp³-hybridized carbons (Fsp3) is 0.227. The van der Waals surface area contributed by atoms with E-state index in [1.54, 1.807) is 36.4 Å². The normalized spacial score (nSPS) is 12.9. The molecule has 1 amide bonds. The van der Waals surface area contributed by atoms with Crippen molar-refractivity contribution >= 4 is 17.8 Å². The maximum absolute atomic E-state index is 14.1. The molecule has 0 heterocycles. The highest BCUT2D eigenvalue weighted by atomic mass is 19.4. The monoisotopic (exact) mass is 452 g/mol. The molecule has 2 aromatic rings. The molecule has 0 fully saturated rings. The number of rotatable bonds is 8. The van der Waals surface area contributed by atoms with Gasteiger partial charge < -0.3 is 20.8 Å². The van der Waals surface area contributed by atoms with Gasteiger partial charge in [0.1, 0.15) is 0 Å². The van der Waals surface area contributed by atoms with E-state index in [4.69, 9.17) is 10.2 Å². The van der Waals surface area contributed by atoms with Crippen LogP contribution in [0.4, 0.5) is 13.2 Å². The Morgan fingerprint density at radius 2 is 1.34 bits per heavy atom. The second kappa shape index (κ2) is 12.3. The van der Waals surface area contributed by atoms with E-state index >= 15 is 0 Å². The summed E-state index contributed by atoms with van der Waals surface area (Å²) in [5, 5.41) is 20.4. The second-order valence-corrected chi connectivity index (χ2v) is 6.52. The van der Waals surface area contributed by atoms with Crippen molar-refractivity contribution in [3.05, 3.63) is 83.9 Å². The Kier molecular flexibility index (Phi) is 10.1. The molecule has 0 aromatic heterocycles. The molecule has 2 rings (SSSR count). The number of amides is 1. The topological polar surface area (TPSA) is 116 Å². The molecular weight excluding hydrogens is 429 g/mol. The fourth-order valence-electron chi connectivity index (χ4n) is 2.76. The van der Waals surface area contributed by atoms with Crippen LogP contribution < -0.4 is 10.6 Å². The molecule has 0 bridgehead atoms. The first-order valence-electron chi connectivity index (χ1n) is 9.27. The van der Waals surface area contributed by atoms with Crippen LogP contribution >= 0.6 is 0 Å². The number of nitrogens with one attached hydrogen (secondary N) is 2. The van der Waals surface area contributed by atoms with E-state index in [1.807, 2.05) is 0 Å². The van der Waals surface area contributed by atoms with Crippen LogP contribution in [0.5, 0.6) is 0 Å². The van der Waals surface area contributed by atoms with Gasteiger partial charge in [0.05, 0.1) is 6.54 Å². The van der Waals surface area contributed by atoms with Gasteiger partial charge in [-0.25, -0.2) is 9.59 Å². The molecule has 2 aromatic carbocycles. The van der Waals surface area contributed by atoms with Gasteiger partial charge in [-0.2, -0.15) is 13.2 Å². The standard InChI is InChI=1S/C18H19F3N2O.C4H4O4/c1-22-13-16(24)23-17(18(19,20)21,15-10-6-3-7-11-15)12-14-8-4-2-5-9-14;5-3(6)1-2-4(7)8/h2-11,22H,12-13H2,1H3,(H,23,24);1-2H,(H,5,6)(H,7,8)/b;2-1-. The first-order valence-corrected chi connectivity index (χ1v) is 9.27. The van der Waals surface area contributed by atoms with E-state index in [0.29, 0.717) is 17.7 Å². The lowest BCUT2D eigenvalue weighted by Gasteiger charge is -2.37. The van der Waals surface area contributed by atoms with Crippen molar-refractivity contribution in [2.75, 3.05) is 13.6 Å². The lowest BCUT2D eigenvalue weighted by Crippen LogP contribution is -2.58. The van der Waals surface area contributed by atoms with Gasteiger partial charge in [-0.15, -0.1) is 0 Å². The first-order chi connectivity index (χ1) is 15.0. The maximum Gasteiger partial charge on any atom is 0.416 e. The van der Waals surface area contributed by atoms with Crippen molar-refractivity contribution in [3.8, 4) is 0 Å². The van der Waals surface area contributed by atoms with Crippen LogP contribution in [0.3, 0.4) is 0 Å². The van der Waals surface area contributed by atoms with Gasteiger partial charge >= 0.3 is 18.1 Å². The van der Waals surface area contributed by atoms with Crippen LogP contribution in [0.25, 0.3) is 0 Å².